The van der Waals surface area contributed by atoms with Crippen molar-refractivity contribution in [2.45, 2.75) is 64.2 Å². The third-order valence-electron chi connectivity index (χ3n) is 9.14. The van der Waals surface area contributed by atoms with E-state index in [1.54, 1.807) is 12.4 Å². The topological polar surface area (TPSA) is 101 Å². The molecule has 214 valence electrons. The first-order chi connectivity index (χ1) is 19.6. The summed E-state index contributed by atoms with van der Waals surface area (Å²) in [5, 5.41) is 0. The molecule has 40 heavy (non-hydrogen) atoms. The summed E-state index contributed by atoms with van der Waals surface area (Å²) in [7, 11) is -0.604. The normalized spacial score (nSPS) is 23.6. The van der Waals surface area contributed by atoms with E-state index in [-0.39, 0.29) is 11.3 Å². The number of carbonyl (C=O) groups excluding carboxylic acids is 1. The lowest BCUT2D eigenvalue weighted by atomic mass is 9.72. The van der Waals surface area contributed by atoms with Gasteiger partial charge in [0, 0.05) is 78.3 Å². The Bertz CT molecular complexity index is 1210. The van der Waals surface area contributed by atoms with Gasteiger partial charge in [0.25, 0.3) is 5.91 Å². The molecular weight excluding hydrogens is 522 g/mol. The Hall–Kier alpha value is -2.82. The van der Waals surface area contributed by atoms with Gasteiger partial charge in [-0.15, -0.1) is 0 Å². The number of rotatable bonds is 8. The Labute approximate surface area is 239 Å². The monoisotopic (exact) mass is 563 g/mol. The van der Waals surface area contributed by atoms with Crippen molar-refractivity contribution in [3.63, 3.8) is 0 Å². The molecule has 2 N–H and O–H groups in total. The smallest absolute Gasteiger partial charge is 0.253 e. The van der Waals surface area contributed by atoms with E-state index in [0.717, 1.165) is 99.1 Å². The molecule has 2 aromatic heterocycles. The van der Waals surface area contributed by atoms with Gasteiger partial charge in [-0.3, -0.25) is 13.9 Å². The Kier molecular flexibility index (Phi) is 8.46. The molecule has 1 aromatic carbocycles. The van der Waals surface area contributed by atoms with Crippen LogP contribution in [0.15, 0.2) is 49.1 Å². The summed E-state index contributed by atoms with van der Waals surface area (Å²) in [5.74, 6) is 3.71. The Morgan fingerprint density at radius 2 is 1.57 bits per heavy atom. The summed E-state index contributed by atoms with van der Waals surface area (Å²) in [6, 6.07) is 8.75. The summed E-state index contributed by atoms with van der Waals surface area (Å²) in [5.41, 5.74) is 2.18. The Morgan fingerprint density at radius 3 is 2.17 bits per heavy atom. The fourth-order valence-corrected chi connectivity index (χ4v) is 8.13. The van der Waals surface area contributed by atoms with Gasteiger partial charge in [-0.2, -0.15) is 0 Å². The van der Waals surface area contributed by atoms with Crippen molar-refractivity contribution >= 4 is 16.7 Å². The van der Waals surface area contributed by atoms with Crippen molar-refractivity contribution in [1.29, 1.82) is 0 Å². The van der Waals surface area contributed by atoms with Crippen LogP contribution in [-0.2, 0) is 30.4 Å². The van der Waals surface area contributed by atoms with Crippen molar-refractivity contribution in [2.24, 2.45) is 5.41 Å². The molecule has 10 heteroatoms. The minimum absolute atomic E-state index is 0.158. The first kappa shape index (κ1) is 27.4. The van der Waals surface area contributed by atoms with E-state index >= 15 is 0 Å². The third kappa shape index (κ3) is 6.56. The van der Waals surface area contributed by atoms with Crippen molar-refractivity contribution in [1.82, 2.24) is 34.6 Å². The third-order valence-corrected chi connectivity index (χ3v) is 10.5. The number of hydrogen-bond donors (Lipinski definition) is 2. The van der Waals surface area contributed by atoms with E-state index in [1.165, 1.54) is 6.42 Å². The molecule has 3 aliphatic heterocycles. The van der Waals surface area contributed by atoms with Crippen LogP contribution in [0.2, 0.25) is 0 Å². The molecule has 3 aromatic rings. The first-order valence-electron chi connectivity index (χ1n) is 14.7. The molecule has 0 radical (unpaired) electrons. The summed E-state index contributed by atoms with van der Waals surface area (Å²) in [6.45, 7) is 6.04. The number of benzene rings is 1. The highest BCUT2D eigenvalue weighted by atomic mass is 32.2. The first-order valence-corrected chi connectivity index (χ1v) is 16.2. The molecule has 3 aliphatic rings. The van der Waals surface area contributed by atoms with E-state index in [1.807, 2.05) is 24.5 Å². The Balaban J connectivity index is 1.05. The van der Waals surface area contributed by atoms with Gasteiger partial charge in [-0.05, 0) is 74.7 Å². The molecule has 5 heterocycles. The maximum Gasteiger partial charge on any atom is 0.253 e. The van der Waals surface area contributed by atoms with E-state index in [2.05, 4.69) is 46.8 Å². The minimum Gasteiger partial charge on any atom is -0.348 e. The number of nitrogens with one attached hydrogen (secondary N) is 2. The number of aromatic amines is 2. The number of carbonyl (C=O) groups is 1. The number of piperidine rings is 2. The van der Waals surface area contributed by atoms with E-state index in [9.17, 15) is 9.00 Å². The molecular formula is C30H41N7O2S. The average molecular weight is 564 g/mol. The van der Waals surface area contributed by atoms with E-state index < -0.39 is 10.8 Å². The average Bonchev–Trinajstić information content (AvgIpc) is 3.69. The van der Waals surface area contributed by atoms with Crippen LogP contribution in [0.25, 0.3) is 0 Å². The standard InChI is InChI=1S/C30H41N7O2S/c38-29(37-15-1-8-30(23-37)9-16-36(17-10-30)26-6-18-40(39)19-7-26)25-4-2-24(3-5-25)20-35(21-27-31-11-12-32-27)22-28-33-13-14-34-28/h2-5,11-14,26H,1,6-10,15-23H2,(H,31,32)(H,33,34). The molecule has 1 amide bonds. The van der Waals surface area contributed by atoms with Crippen LogP contribution in [0.4, 0.5) is 0 Å². The molecule has 9 nitrogen and oxygen atoms in total. The number of H-pyrrole nitrogens is 2. The van der Waals surface area contributed by atoms with Crippen molar-refractivity contribution in [2.75, 3.05) is 37.7 Å². The highest BCUT2D eigenvalue weighted by molar-refractivity contribution is 7.85. The van der Waals surface area contributed by atoms with Crippen LogP contribution < -0.4 is 0 Å². The number of hydrogen-bond acceptors (Lipinski definition) is 6. The quantitative estimate of drug-likeness (QED) is 0.435. The summed E-state index contributed by atoms with van der Waals surface area (Å²) >= 11 is 0. The molecule has 0 bridgehead atoms. The van der Waals surface area contributed by atoms with Crippen molar-refractivity contribution in [3.8, 4) is 0 Å². The molecule has 0 saturated carbocycles. The maximum atomic E-state index is 13.6. The van der Waals surface area contributed by atoms with Gasteiger partial charge in [0.2, 0.25) is 0 Å². The predicted molar refractivity (Wildman–Crippen MR) is 156 cm³/mol. The molecule has 3 saturated heterocycles. The molecule has 1 spiro atoms. The lowest BCUT2D eigenvalue weighted by molar-refractivity contribution is 0.0101. The van der Waals surface area contributed by atoms with Gasteiger partial charge in [-0.1, -0.05) is 12.1 Å². The molecule has 3 fully saturated rings. The largest absolute Gasteiger partial charge is 0.348 e. The predicted octanol–water partition coefficient (Wildman–Crippen LogP) is 3.56. The van der Waals surface area contributed by atoms with Crippen LogP contribution >= 0.6 is 0 Å². The number of likely N-dealkylation sites (tertiary alicyclic amines) is 2. The van der Waals surface area contributed by atoms with Crippen molar-refractivity contribution in [3.05, 3.63) is 71.8 Å². The lowest BCUT2D eigenvalue weighted by Gasteiger charge is -2.49. The second-order valence-electron chi connectivity index (χ2n) is 11.9. The highest BCUT2D eigenvalue weighted by Gasteiger charge is 2.41. The second kappa shape index (κ2) is 12.4. The Morgan fingerprint density at radius 1 is 0.925 bits per heavy atom. The zero-order chi connectivity index (χ0) is 27.4. The molecule has 0 atom stereocenters. The van der Waals surface area contributed by atoms with Gasteiger partial charge in [-0.25, -0.2) is 9.97 Å². The van der Waals surface area contributed by atoms with Crippen LogP contribution in [-0.4, -0.2) is 88.5 Å². The summed E-state index contributed by atoms with van der Waals surface area (Å²) < 4.78 is 11.8. The van der Waals surface area contributed by atoms with Crippen LogP contribution in [0, 0.1) is 5.41 Å². The van der Waals surface area contributed by atoms with Gasteiger partial charge in [0.15, 0.2) is 0 Å². The maximum absolute atomic E-state index is 13.6. The molecule has 6 rings (SSSR count). The zero-order valence-corrected chi connectivity index (χ0v) is 24.1. The van der Waals surface area contributed by atoms with Crippen molar-refractivity contribution < 1.29 is 9.00 Å². The van der Waals surface area contributed by atoms with E-state index in [0.29, 0.717) is 19.1 Å². The number of amides is 1. The van der Waals surface area contributed by atoms with Gasteiger partial charge in [0.05, 0.1) is 13.1 Å². The number of nitrogens with zero attached hydrogens (tertiary/aromatic N) is 5. The SMILES string of the molecule is O=C(c1ccc(CN(Cc2ncc[nH]2)Cc2ncc[nH]2)cc1)N1CCCC2(CCN(C3CCS(=O)CC3)CC2)C1. The molecule has 0 aliphatic carbocycles. The highest BCUT2D eigenvalue weighted by Crippen LogP contribution is 2.41. The van der Waals surface area contributed by atoms with Crippen LogP contribution in [0.3, 0.4) is 0 Å². The summed E-state index contributed by atoms with van der Waals surface area (Å²) in [6.07, 6.45) is 14.0. The van der Waals surface area contributed by atoms with Crippen LogP contribution in [0.5, 0.6) is 0 Å². The second-order valence-corrected chi connectivity index (χ2v) is 13.6. The molecule has 0 unspecified atom stereocenters. The van der Waals surface area contributed by atoms with Gasteiger partial charge >= 0.3 is 0 Å². The summed E-state index contributed by atoms with van der Waals surface area (Å²) in [4.78, 5) is 35.8. The van der Waals surface area contributed by atoms with E-state index in [4.69, 9.17) is 0 Å². The lowest BCUT2D eigenvalue weighted by Crippen LogP contribution is -2.53. The number of imidazole rings is 2. The van der Waals surface area contributed by atoms with Crippen LogP contribution in [0.1, 0.15) is 66.1 Å². The fraction of sp³-hybridized carbons (Fsp3) is 0.567. The minimum atomic E-state index is -0.604. The van der Waals surface area contributed by atoms with Gasteiger partial charge < -0.3 is 19.8 Å². The zero-order valence-electron chi connectivity index (χ0n) is 23.3. The van der Waals surface area contributed by atoms with Gasteiger partial charge in [0.1, 0.15) is 11.6 Å². The fourth-order valence-electron chi connectivity index (χ4n) is 6.85. The number of aromatic nitrogens is 4.